The van der Waals surface area contributed by atoms with Crippen molar-refractivity contribution in [3.8, 4) is 17.1 Å². The van der Waals surface area contributed by atoms with Crippen LogP contribution in [0.1, 0.15) is 16.7 Å². The van der Waals surface area contributed by atoms with E-state index in [2.05, 4.69) is 15.3 Å². The van der Waals surface area contributed by atoms with Gasteiger partial charge in [0.15, 0.2) is 12.4 Å². The number of nitrogens with one attached hydrogen (secondary N) is 1. The molecule has 0 unspecified atom stereocenters. The van der Waals surface area contributed by atoms with E-state index in [1.54, 1.807) is 12.4 Å². The molecule has 1 N–H and O–H groups in total. The largest absolute Gasteiger partial charge is 0.483 e. The molecule has 0 radical (unpaired) electrons. The minimum absolute atomic E-state index is 0.0643. The van der Waals surface area contributed by atoms with Crippen molar-refractivity contribution in [2.24, 2.45) is 0 Å². The minimum Gasteiger partial charge on any atom is -0.483 e. The quantitative estimate of drug-likeness (QED) is 0.755. The Morgan fingerprint density at radius 2 is 1.62 bits per heavy atom. The zero-order valence-electron chi connectivity index (χ0n) is 15.1. The van der Waals surface area contributed by atoms with Gasteiger partial charge in [-0.15, -0.1) is 0 Å². The first-order valence-corrected chi connectivity index (χ1v) is 8.41. The smallest absolute Gasteiger partial charge is 0.262 e. The predicted molar refractivity (Wildman–Crippen MR) is 102 cm³/mol. The Morgan fingerprint density at radius 1 is 1.00 bits per heavy atom. The highest BCUT2D eigenvalue weighted by molar-refractivity contribution is 5.91. The average molecular weight is 347 g/mol. The van der Waals surface area contributed by atoms with Crippen LogP contribution >= 0.6 is 0 Å². The second-order valence-corrected chi connectivity index (χ2v) is 6.23. The van der Waals surface area contributed by atoms with Gasteiger partial charge in [-0.2, -0.15) is 0 Å². The number of hydrogen-bond acceptors (Lipinski definition) is 4. The Kier molecular flexibility index (Phi) is 5.27. The molecule has 0 spiro atoms. The molecule has 132 valence electrons. The molecule has 0 fully saturated rings. The number of rotatable bonds is 5. The molecule has 0 atom stereocenters. The molecular weight excluding hydrogens is 326 g/mol. The zero-order chi connectivity index (χ0) is 18.5. The van der Waals surface area contributed by atoms with Crippen LogP contribution in [0.25, 0.3) is 11.4 Å². The van der Waals surface area contributed by atoms with Gasteiger partial charge in [-0.3, -0.25) is 4.79 Å². The minimum atomic E-state index is -0.250. The summed E-state index contributed by atoms with van der Waals surface area (Å²) < 4.78 is 5.70. The lowest BCUT2D eigenvalue weighted by molar-refractivity contribution is -0.118. The second kappa shape index (κ2) is 7.78. The topological polar surface area (TPSA) is 64.1 Å². The third kappa shape index (κ3) is 4.25. The lowest BCUT2D eigenvalue weighted by Gasteiger charge is -2.13. The fraction of sp³-hybridized carbons (Fsp3) is 0.190. The Bertz CT molecular complexity index is 883. The number of amides is 1. The second-order valence-electron chi connectivity index (χ2n) is 6.23. The molecule has 3 rings (SSSR count). The maximum atomic E-state index is 12.1. The highest BCUT2D eigenvalue weighted by atomic mass is 16.5. The van der Waals surface area contributed by atoms with Crippen molar-refractivity contribution < 1.29 is 9.53 Å². The molecule has 1 aromatic heterocycles. The van der Waals surface area contributed by atoms with Crippen molar-refractivity contribution in [2.75, 3.05) is 11.9 Å². The van der Waals surface area contributed by atoms with Crippen LogP contribution in [0.3, 0.4) is 0 Å². The molecule has 0 saturated heterocycles. The summed E-state index contributed by atoms with van der Waals surface area (Å²) in [5.41, 5.74) is 4.68. The summed E-state index contributed by atoms with van der Waals surface area (Å²) in [4.78, 5) is 20.7. The van der Waals surface area contributed by atoms with Gasteiger partial charge in [0.25, 0.3) is 5.91 Å². The third-order valence-electron chi connectivity index (χ3n) is 3.92. The third-order valence-corrected chi connectivity index (χ3v) is 3.92. The van der Waals surface area contributed by atoms with E-state index < -0.39 is 0 Å². The van der Waals surface area contributed by atoms with Crippen molar-refractivity contribution in [1.29, 1.82) is 0 Å². The number of ether oxygens (including phenoxy) is 1. The Morgan fingerprint density at radius 3 is 2.23 bits per heavy atom. The van der Waals surface area contributed by atoms with Gasteiger partial charge in [0, 0.05) is 5.56 Å². The molecule has 0 aliphatic heterocycles. The lowest BCUT2D eigenvalue weighted by Crippen LogP contribution is -2.21. The number of benzene rings is 2. The molecule has 1 amide bonds. The van der Waals surface area contributed by atoms with E-state index in [1.165, 1.54) is 5.56 Å². The van der Waals surface area contributed by atoms with E-state index in [1.807, 2.05) is 63.2 Å². The van der Waals surface area contributed by atoms with Crippen molar-refractivity contribution in [3.63, 3.8) is 0 Å². The molecule has 5 heteroatoms. The normalized spacial score (nSPS) is 10.4. The van der Waals surface area contributed by atoms with Crippen LogP contribution in [0, 0.1) is 20.8 Å². The monoisotopic (exact) mass is 347 g/mol. The van der Waals surface area contributed by atoms with E-state index >= 15 is 0 Å². The maximum absolute atomic E-state index is 12.1. The van der Waals surface area contributed by atoms with Gasteiger partial charge in [0.1, 0.15) is 5.75 Å². The molecule has 0 aliphatic carbocycles. The summed E-state index contributed by atoms with van der Waals surface area (Å²) in [6, 6.07) is 13.8. The molecule has 0 saturated carbocycles. The Labute approximate surface area is 153 Å². The molecule has 3 aromatic rings. The van der Waals surface area contributed by atoms with Crippen LogP contribution in [-0.4, -0.2) is 22.5 Å². The summed E-state index contributed by atoms with van der Waals surface area (Å²) in [5.74, 6) is 1.12. The number of carbonyl (C=O) groups is 1. The lowest BCUT2D eigenvalue weighted by atomic mass is 10.1. The number of carbonyl (C=O) groups excluding carboxylic acids is 1. The number of nitrogens with zero attached hydrogens (tertiary/aromatic N) is 2. The maximum Gasteiger partial charge on any atom is 0.262 e. The van der Waals surface area contributed by atoms with Crippen LogP contribution in [0.4, 0.5) is 5.69 Å². The number of aromatic nitrogens is 2. The van der Waals surface area contributed by atoms with Gasteiger partial charge in [-0.25, -0.2) is 9.97 Å². The Hall–Kier alpha value is -3.21. The fourth-order valence-electron chi connectivity index (χ4n) is 2.86. The fourth-order valence-corrected chi connectivity index (χ4v) is 2.86. The van der Waals surface area contributed by atoms with Crippen molar-refractivity contribution in [2.45, 2.75) is 20.8 Å². The molecule has 26 heavy (non-hydrogen) atoms. The van der Waals surface area contributed by atoms with Crippen LogP contribution in [0.15, 0.2) is 54.9 Å². The molecular formula is C21H21N3O2. The van der Waals surface area contributed by atoms with Gasteiger partial charge in [0.05, 0.1) is 18.1 Å². The van der Waals surface area contributed by atoms with Crippen molar-refractivity contribution in [1.82, 2.24) is 9.97 Å². The highest BCUT2D eigenvalue weighted by Crippen LogP contribution is 2.24. The average Bonchev–Trinajstić information content (AvgIpc) is 2.62. The first kappa shape index (κ1) is 17.6. The first-order chi connectivity index (χ1) is 12.5. The summed E-state index contributed by atoms with van der Waals surface area (Å²) in [5, 5.41) is 2.75. The first-order valence-electron chi connectivity index (χ1n) is 8.41. The van der Waals surface area contributed by atoms with Gasteiger partial charge in [-0.1, -0.05) is 48.0 Å². The SMILES string of the molecule is Cc1cc(C)c(OCC(=O)Nc2cnc(-c3ccccc3)nc2)c(C)c1. The van der Waals surface area contributed by atoms with Crippen LogP contribution in [0.5, 0.6) is 5.75 Å². The Balaban J connectivity index is 1.60. The number of aryl methyl sites for hydroxylation is 3. The molecule has 5 nitrogen and oxygen atoms in total. The summed E-state index contributed by atoms with van der Waals surface area (Å²) in [7, 11) is 0. The van der Waals surface area contributed by atoms with E-state index in [0.717, 1.165) is 22.4 Å². The van der Waals surface area contributed by atoms with E-state index in [0.29, 0.717) is 11.5 Å². The summed E-state index contributed by atoms with van der Waals surface area (Å²) in [6.07, 6.45) is 3.19. The molecule has 2 aromatic carbocycles. The van der Waals surface area contributed by atoms with E-state index in [-0.39, 0.29) is 12.5 Å². The molecule has 1 heterocycles. The van der Waals surface area contributed by atoms with Gasteiger partial charge >= 0.3 is 0 Å². The zero-order valence-corrected chi connectivity index (χ0v) is 15.1. The van der Waals surface area contributed by atoms with Crippen LogP contribution in [-0.2, 0) is 4.79 Å². The van der Waals surface area contributed by atoms with Gasteiger partial charge in [-0.05, 0) is 31.9 Å². The van der Waals surface area contributed by atoms with Gasteiger partial charge in [0.2, 0.25) is 0 Å². The predicted octanol–water partition coefficient (Wildman–Crippen LogP) is 4.09. The van der Waals surface area contributed by atoms with Gasteiger partial charge < -0.3 is 10.1 Å². The molecule has 0 aliphatic rings. The van der Waals surface area contributed by atoms with E-state index in [4.69, 9.17) is 4.74 Å². The van der Waals surface area contributed by atoms with Crippen molar-refractivity contribution in [3.05, 3.63) is 71.5 Å². The number of anilines is 1. The standard InChI is InChI=1S/C21H21N3O2/c1-14-9-15(2)20(16(3)10-14)26-13-19(25)24-18-11-22-21(23-12-18)17-7-5-4-6-8-17/h4-12H,13H2,1-3H3,(H,24,25). The van der Waals surface area contributed by atoms with E-state index in [9.17, 15) is 4.79 Å². The van der Waals surface area contributed by atoms with Crippen molar-refractivity contribution >= 4 is 11.6 Å². The summed E-state index contributed by atoms with van der Waals surface area (Å²) in [6.45, 7) is 5.92. The summed E-state index contributed by atoms with van der Waals surface area (Å²) >= 11 is 0. The van der Waals surface area contributed by atoms with Crippen LogP contribution < -0.4 is 10.1 Å². The highest BCUT2D eigenvalue weighted by Gasteiger charge is 2.09. The van der Waals surface area contributed by atoms with Crippen LogP contribution in [0.2, 0.25) is 0 Å². The molecule has 0 bridgehead atoms. The number of hydrogen-bond donors (Lipinski definition) is 1.